The lowest BCUT2D eigenvalue weighted by Crippen LogP contribution is -2.39. The molecule has 0 amide bonds. The lowest BCUT2D eigenvalue weighted by Gasteiger charge is -2.27. The van der Waals surface area contributed by atoms with Gasteiger partial charge in [0, 0.05) is 5.92 Å². The predicted octanol–water partition coefficient (Wildman–Crippen LogP) is 1.35. The second-order valence-electron chi connectivity index (χ2n) is 3.28. The van der Waals surface area contributed by atoms with E-state index in [9.17, 15) is 4.79 Å². The van der Waals surface area contributed by atoms with Crippen molar-refractivity contribution in [2.45, 2.75) is 38.6 Å². The van der Waals surface area contributed by atoms with Crippen molar-refractivity contribution in [3.05, 3.63) is 0 Å². The summed E-state index contributed by atoms with van der Waals surface area (Å²) in [7, 11) is 1.87. The SMILES string of the molecule is CCC(NC)C(=O)C1CCC1. The smallest absolute Gasteiger partial charge is 0.152 e. The fourth-order valence-corrected chi connectivity index (χ4v) is 1.52. The molecule has 64 valence electrons. The molecule has 0 saturated heterocycles. The monoisotopic (exact) mass is 155 g/mol. The highest BCUT2D eigenvalue weighted by molar-refractivity contribution is 5.86. The molecule has 0 aliphatic heterocycles. The number of hydrogen-bond donors (Lipinski definition) is 1. The highest BCUT2D eigenvalue weighted by Gasteiger charge is 2.29. The van der Waals surface area contributed by atoms with E-state index in [1.54, 1.807) is 0 Å². The summed E-state index contributed by atoms with van der Waals surface area (Å²) in [5.41, 5.74) is 0. The molecule has 0 heterocycles. The quantitative estimate of drug-likeness (QED) is 0.664. The van der Waals surface area contributed by atoms with Gasteiger partial charge in [0.25, 0.3) is 0 Å². The van der Waals surface area contributed by atoms with Crippen molar-refractivity contribution in [3.63, 3.8) is 0 Å². The molecule has 2 heteroatoms. The van der Waals surface area contributed by atoms with Crippen LogP contribution in [0.1, 0.15) is 32.6 Å². The number of carbonyl (C=O) groups excluding carboxylic acids is 1. The first-order valence-corrected chi connectivity index (χ1v) is 4.50. The molecular weight excluding hydrogens is 138 g/mol. The highest BCUT2D eigenvalue weighted by atomic mass is 16.1. The summed E-state index contributed by atoms with van der Waals surface area (Å²) in [6.07, 6.45) is 4.41. The first-order chi connectivity index (χ1) is 5.29. The van der Waals surface area contributed by atoms with Gasteiger partial charge in [-0.15, -0.1) is 0 Å². The Bertz CT molecular complexity index is 136. The summed E-state index contributed by atoms with van der Waals surface area (Å²) in [6, 6.07) is 0.111. The Kier molecular flexibility index (Phi) is 3.06. The van der Waals surface area contributed by atoms with E-state index in [1.165, 1.54) is 6.42 Å². The fourth-order valence-electron chi connectivity index (χ4n) is 1.52. The molecule has 1 aliphatic rings. The number of hydrogen-bond acceptors (Lipinski definition) is 2. The summed E-state index contributed by atoms with van der Waals surface area (Å²) < 4.78 is 0. The molecule has 11 heavy (non-hydrogen) atoms. The van der Waals surface area contributed by atoms with Gasteiger partial charge >= 0.3 is 0 Å². The molecule has 2 nitrogen and oxygen atoms in total. The molecular formula is C9H17NO. The average molecular weight is 155 g/mol. The molecule has 0 aromatic heterocycles. The zero-order valence-electron chi connectivity index (χ0n) is 7.39. The summed E-state index contributed by atoms with van der Waals surface area (Å²) in [6.45, 7) is 2.05. The van der Waals surface area contributed by atoms with Crippen LogP contribution in [0.5, 0.6) is 0 Å². The third-order valence-electron chi connectivity index (χ3n) is 2.61. The van der Waals surface area contributed by atoms with Crippen LogP contribution in [0.15, 0.2) is 0 Å². The van der Waals surface area contributed by atoms with Gasteiger partial charge in [-0.1, -0.05) is 13.3 Å². The highest BCUT2D eigenvalue weighted by Crippen LogP contribution is 2.28. The number of rotatable bonds is 4. The minimum Gasteiger partial charge on any atom is -0.311 e. The van der Waals surface area contributed by atoms with Crippen LogP contribution in [0.3, 0.4) is 0 Å². The van der Waals surface area contributed by atoms with E-state index in [4.69, 9.17) is 0 Å². The zero-order valence-corrected chi connectivity index (χ0v) is 7.39. The Morgan fingerprint density at radius 1 is 1.64 bits per heavy atom. The van der Waals surface area contributed by atoms with E-state index in [2.05, 4.69) is 12.2 Å². The maximum atomic E-state index is 11.5. The Hall–Kier alpha value is -0.370. The minimum absolute atomic E-state index is 0.111. The molecule has 1 rings (SSSR count). The van der Waals surface area contributed by atoms with Crippen molar-refractivity contribution in [3.8, 4) is 0 Å². The van der Waals surface area contributed by atoms with E-state index in [-0.39, 0.29) is 6.04 Å². The summed E-state index contributed by atoms with van der Waals surface area (Å²) in [5, 5.41) is 3.05. The van der Waals surface area contributed by atoms with Gasteiger partial charge in [0.2, 0.25) is 0 Å². The predicted molar refractivity (Wildman–Crippen MR) is 45.5 cm³/mol. The van der Waals surface area contributed by atoms with Crippen molar-refractivity contribution >= 4 is 5.78 Å². The van der Waals surface area contributed by atoms with Crippen LogP contribution in [-0.4, -0.2) is 18.9 Å². The standard InChI is InChI=1S/C9H17NO/c1-3-8(10-2)9(11)7-5-4-6-7/h7-8,10H,3-6H2,1-2H3. The van der Waals surface area contributed by atoms with Gasteiger partial charge < -0.3 is 5.32 Å². The normalized spacial score (nSPS) is 20.9. The maximum absolute atomic E-state index is 11.5. The van der Waals surface area contributed by atoms with Gasteiger partial charge in [-0.05, 0) is 26.3 Å². The molecule has 0 spiro atoms. The van der Waals surface area contributed by atoms with Gasteiger partial charge in [0.1, 0.15) is 0 Å². The molecule has 1 fully saturated rings. The van der Waals surface area contributed by atoms with Crippen LogP contribution in [0, 0.1) is 5.92 Å². The van der Waals surface area contributed by atoms with Crippen LogP contribution in [0.2, 0.25) is 0 Å². The van der Waals surface area contributed by atoms with E-state index >= 15 is 0 Å². The van der Waals surface area contributed by atoms with Crippen molar-refractivity contribution < 1.29 is 4.79 Å². The zero-order chi connectivity index (χ0) is 8.27. The first-order valence-electron chi connectivity index (χ1n) is 4.50. The van der Waals surface area contributed by atoms with Crippen molar-refractivity contribution in [1.29, 1.82) is 0 Å². The van der Waals surface area contributed by atoms with Crippen LogP contribution in [-0.2, 0) is 4.79 Å². The molecule has 1 saturated carbocycles. The van der Waals surface area contributed by atoms with Crippen molar-refractivity contribution in [1.82, 2.24) is 5.32 Å². The Morgan fingerprint density at radius 3 is 2.55 bits per heavy atom. The second kappa shape index (κ2) is 3.86. The van der Waals surface area contributed by atoms with Crippen molar-refractivity contribution in [2.75, 3.05) is 7.05 Å². The van der Waals surface area contributed by atoms with E-state index in [1.807, 2.05) is 7.05 Å². The number of carbonyl (C=O) groups is 1. The average Bonchev–Trinajstić information content (AvgIpc) is 1.86. The van der Waals surface area contributed by atoms with Gasteiger partial charge in [-0.2, -0.15) is 0 Å². The summed E-state index contributed by atoms with van der Waals surface area (Å²) in [5.74, 6) is 0.814. The largest absolute Gasteiger partial charge is 0.311 e. The van der Waals surface area contributed by atoms with Gasteiger partial charge in [-0.3, -0.25) is 4.79 Å². The molecule has 0 aromatic carbocycles. The maximum Gasteiger partial charge on any atom is 0.152 e. The molecule has 0 aromatic rings. The van der Waals surface area contributed by atoms with Crippen LogP contribution >= 0.6 is 0 Å². The molecule has 1 N–H and O–H groups in total. The lowest BCUT2D eigenvalue weighted by molar-refractivity contribution is -0.127. The first kappa shape index (κ1) is 8.72. The Labute approximate surface area is 68.4 Å². The third-order valence-corrected chi connectivity index (χ3v) is 2.61. The number of likely N-dealkylation sites (N-methyl/N-ethyl adjacent to an activating group) is 1. The van der Waals surface area contributed by atoms with E-state index in [0.717, 1.165) is 19.3 Å². The van der Waals surface area contributed by atoms with Gasteiger partial charge in [0.05, 0.1) is 6.04 Å². The summed E-state index contributed by atoms with van der Waals surface area (Å²) >= 11 is 0. The Balaban J connectivity index is 2.36. The van der Waals surface area contributed by atoms with Crippen LogP contribution in [0.25, 0.3) is 0 Å². The minimum atomic E-state index is 0.111. The van der Waals surface area contributed by atoms with Gasteiger partial charge in [0.15, 0.2) is 5.78 Å². The van der Waals surface area contributed by atoms with Crippen LogP contribution < -0.4 is 5.32 Å². The molecule has 1 unspecified atom stereocenters. The topological polar surface area (TPSA) is 29.1 Å². The summed E-state index contributed by atoms with van der Waals surface area (Å²) in [4.78, 5) is 11.5. The lowest BCUT2D eigenvalue weighted by atomic mass is 9.79. The fraction of sp³-hybridized carbons (Fsp3) is 0.889. The molecule has 0 bridgehead atoms. The number of ketones is 1. The molecule has 1 aliphatic carbocycles. The van der Waals surface area contributed by atoms with E-state index in [0.29, 0.717) is 11.7 Å². The molecule has 1 atom stereocenters. The number of Topliss-reactive ketones (excluding diaryl/α,β-unsaturated/α-hetero) is 1. The van der Waals surface area contributed by atoms with Crippen molar-refractivity contribution in [2.24, 2.45) is 5.92 Å². The van der Waals surface area contributed by atoms with Crippen LogP contribution in [0.4, 0.5) is 0 Å². The van der Waals surface area contributed by atoms with E-state index < -0.39 is 0 Å². The second-order valence-corrected chi connectivity index (χ2v) is 3.28. The molecule has 0 radical (unpaired) electrons. The third kappa shape index (κ3) is 1.80. The number of nitrogens with one attached hydrogen (secondary N) is 1. The Morgan fingerprint density at radius 2 is 2.27 bits per heavy atom. The van der Waals surface area contributed by atoms with Gasteiger partial charge in [-0.25, -0.2) is 0 Å².